The number of nitrogens with zero attached hydrogens (tertiary/aromatic N) is 1. The van der Waals surface area contributed by atoms with Crippen LogP contribution in [0.3, 0.4) is 0 Å². The Morgan fingerprint density at radius 1 is 1.16 bits per heavy atom. The minimum Gasteiger partial charge on any atom is -0.506 e. The van der Waals surface area contributed by atoms with E-state index in [0.717, 1.165) is 6.21 Å². The van der Waals surface area contributed by atoms with E-state index in [1.165, 1.54) is 13.8 Å². The van der Waals surface area contributed by atoms with Gasteiger partial charge in [-0.2, -0.15) is 0 Å². The number of hydrogen-bond donors (Lipinski definition) is 3. The molecule has 3 N–H and O–H groups in total. The van der Waals surface area contributed by atoms with Gasteiger partial charge >= 0.3 is 12.1 Å². The molecule has 2 aromatic rings. The first-order valence-electron chi connectivity index (χ1n) is 11.5. The summed E-state index contributed by atoms with van der Waals surface area (Å²) in [4.78, 5) is 28.4. The number of hydrogen-bond acceptors (Lipinski definition) is 7. The molecule has 1 aliphatic rings. The molecule has 0 spiro atoms. The maximum atomic E-state index is 15.2. The molecule has 2 aromatic carbocycles. The smallest absolute Gasteiger partial charge is 0.408 e. The first-order chi connectivity index (χ1) is 17.6. The number of amides is 1. The van der Waals surface area contributed by atoms with E-state index in [1.807, 2.05) is 0 Å². The predicted octanol–water partition coefficient (Wildman–Crippen LogP) is 4.30. The van der Waals surface area contributed by atoms with E-state index in [2.05, 4.69) is 10.3 Å². The predicted molar refractivity (Wildman–Crippen MR) is 128 cm³/mol. The second kappa shape index (κ2) is 11.9. The number of carbonyl (C=O) groups is 2. The van der Waals surface area contributed by atoms with E-state index in [4.69, 9.17) is 14.6 Å². The Balaban J connectivity index is 1.92. The third kappa shape index (κ3) is 6.48. The van der Waals surface area contributed by atoms with Crippen LogP contribution in [0.15, 0.2) is 47.0 Å². The zero-order valence-electron chi connectivity index (χ0n) is 20.3. The Hall–Kier alpha value is -3.86. The Kier molecular flexibility index (Phi) is 8.93. The molecule has 1 amide bonds. The van der Waals surface area contributed by atoms with Crippen molar-refractivity contribution in [1.29, 1.82) is 0 Å². The highest BCUT2D eigenvalue weighted by atomic mass is 19.2. The number of rotatable bonds is 10. The largest absolute Gasteiger partial charge is 0.506 e. The minimum atomic E-state index is -1.63. The number of esters is 1. The Bertz CT molecular complexity index is 1210. The van der Waals surface area contributed by atoms with Crippen LogP contribution in [-0.4, -0.2) is 47.7 Å². The van der Waals surface area contributed by atoms with E-state index in [-0.39, 0.29) is 32.7 Å². The number of ether oxygens (including phenoxy) is 2. The summed E-state index contributed by atoms with van der Waals surface area (Å²) in [5.41, 5.74) is -3.14. The Morgan fingerprint density at radius 3 is 2.43 bits per heavy atom. The molecular weight excluding hydrogens is 493 g/mol. The van der Waals surface area contributed by atoms with Gasteiger partial charge in [0.15, 0.2) is 11.6 Å². The summed E-state index contributed by atoms with van der Waals surface area (Å²) in [6.07, 6.45) is 0.152. The number of halogens is 3. The average molecular weight is 521 g/mol. The molecule has 3 rings (SSSR count). The summed E-state index contributed by atoms with van der Waals surface area (Å²) >= 11 is 0. The summed E-state index contributed by atoms with van der Waals surface area (Å²) in [6.45, 7) is 2.42. The Labute approximate surface area is 211 Å². The van der Waals surface area contributed by atoms with Crippen LogP contribution in [-0.2, 0) is 26.4 Å². The van der Waals surface area contributed by atoms with Crippen LogP contribution in [0.1, 0.15) is 43.4 Å². The SMILES string of the molecule is CCOC(=O)/C(C=N[C@H](C)CO)=C(/O)c1cc(F)c(C2(NC(=O)OCc3ccccc3)CC2)c(F)c1F. The fourth-order valence-electron chi connectivity index (χ4n) is 3.54. The molecule has 0 aromatic heterocycles. The van der Waals surface area contributed by atoms with Crippen LogP contribution in [0.2, 0.25) is 0 Å². The van der Waals surface area contributed by atoms with Crippen LogP contribution in [0, 0.1) is 17.5 Å². The van der Waals surface area contributed by atoms with Crippen molar-refractivity contribution >= 4 is 24.0 Å². The third-order valence-corrected chi connectivity index (χ3v) is 5.67. The molecule has 0 radical (unpaired) electrons. The lowest BCUT2D eigenvalue weighted by molar-refractivity contribution is -0.137. The molecule has 37 heavy (non-hydrogen) atoms. The van der Waals surface area contributed by atoms with Gasteiger partial charge in [0.25, 0.3) is 0 Å². The highest BCUT2D eigenvalue weighted by Gasteiger charge is 2.51. The number of aliphatic hydroxyl groups excluding tert-OH is 2. The lowest BCUT2D eigenvalue weighted by Crippen LogP contribution is -2.37. The van der Waals surface area contributed by atoms with Crippen molar-refractivity contribution in [3.8, 4) is 0 Å². The molecule has 0 heterocycles. The number of aliphatic hydroxyl groups is 2. The van der Waals surface area contributed by atoms with Crippen LogP contribution in [0.4, 0.5) is 18.0 Å². The van der Waals surface area contributed by atoms with Crippen molar-refractivity contribution in [2.75, 3.05) is 13.2 Å². The highest BCUT2D eigenvalue weighted by Crippen LogP contribution is 2.48. The van der Waals surface area contributed by atoms with E-state index in [1.54, 1.807) is 30.3 Å². The van der Waals surface area contributed by atoms with Gasteiger partial charge in [0.2, 0.25) is 0 Å². The summed E-state index contributed by atoms with van der Waals surface area (Å²) in [7, 11) is 0. The molecule has 1 fully saturated rings. The molecule has 11 heteroatoms. The van der Waals surface area contributed by atoms with Gasteiger partial charge in [-0.1, -0.05) is 30.3 Å². The summed E-state index contributed by atoms with van der Waals surface area (Å²) in [5, 5.41) is 22.1. The number of benzene rings is 2. The van der Waals surface area contributed by atoms with Crippen LogP contribution >= 0.6 is 0 Å². The molecule has 0 bridgehead atoms. The van der Waals surface area contributed by atoms with Crippen molar-refractivity contribution in [3.63, 3.8) is 0 Å². The quantitative estimate of drug-likeness (QED) is 0.141. The van der Waals surface area contributed by atoms with Gasteiger partial charge in [-0.15, -0.1) is 0 Å². The van der Waals surface area contributed by atoms with E-state index < -0.39 is 63.6 Å². The Morgan fingerprint density at radius 2 is 1.84 bits per heavy atom. The van der Waals surface area contributed by atoms with Crippen LogP contribution in [0.5, 0.6) is 0 Å². The van der Waals surface area contributed by atoms with Crippen LogP contribution in [0.25, 0.3) is 5.76 Å². The first-order valence-corrected chi connectivity index (χ1v) is 11.5. The average Bonchev–Trinajstić information content (AvgIpc) is 3.65. The molecule has 0 saturated heterocycles. The molecular formula is C26H27F3N2O6. The molecule has 8 nitrogen and oxygen atoms in total. The zero-order chi connectivity index (χ0) is 27.2. The number of carbonyl (C=O) groups excluding carboxylic acids is 2. The third-order valence-electron chi connectivity index (χ3n) is 5.67. The molecule has 198 valence electrons. The van der Waals surface area contributed by atoms with Gasteiger partial charge in [-0.05, 0) is 38.3 Å². The second-order valence-corrected chi connectivity index (χ2v) is 8.47. The van der Waals surface area contributed by atoms with E-state index >= 15 is 13.2 Å². The minimum absolute atomic E-state index is 0.0766. The van der Waals surface area contributed by atoms with Gasteiger partial charge in [0.05, 0.1) is 35.9 Å². The molecule has 1 atom stereocenters. The summed E-state index contributed by atoms with van der Waals surface area (Å²) in [5.74, 6) is -6.73. The second-order valence-electron chi connectivity index (χ2n) is 8.47. The fourth-order valence-corrected chi connectivity index (χ4v) is 3.54. The molecule has 0 aliphatic heterocycles. The number of alkyl carbamates (subject to hydrolysis) is 1. The topological polar surface area (TPSA) is 117 Å². The van der Waals surface area contributed by atoms with Crippen molar-refractivity contribution < 1.29 is 42.4 Å². The standard InChI is InChI=1S/C26H27F3N2O6/c1-3-36-24(34)18(12-30-15(2)13-32)23(33)17-11-19(27)20(22(29)21(17)28)26(9-10-26)31-25(35)37-14-16-7-5-4-6-8-16/h4-8,11-12,15,32-33H,3,9-10,13-14H2,1-2H3,(H,31,35)/b23-18+,30-12?/t15-/m1/s1. The van der Waals surface area contributed by atoms with Crippen LogP contribution < -0.4 is 5.32 Å². The van der Waals surface area contributed by atoms with Crippen molar-refractivity contribution in [2.24, 2.45) is 4.99 Å². The van der Waals surface area contributed by atoms with Gasteiger partial charge in [-0.3, -0.25) is 4.99 Å². The van der Waals surface area contributed by atoms with Gasteiger partial charge in [-0.25, -0.2) is 22.8 Å². The van der Waals surface area contributed by atoms with E-state index in [0.29, 0.717) is 11.6 Å². The number of aliphatic imine (C=N–C) groups is 1. The lowest BCUT2D eigenvalue weighted by Gasteiger charge is -2.20. The normalized spacial score (nSPS) is 15.6. The molecule has 0 unspecified atom stereocenters. The van der Waals surface area contributed by atoms with Gasteiger partial charge in [0.1, 0.15) is 23.8 Å². The van der Waals surface area contributed by atoms with Gasteiger partial charge in [0, 0.05) is 6.21 Å². The summed E-state index contributed by atoms with van der Waals surface area (Å²) in [6, 6.07) is 8.61. The van der Waals surface area contributed by atoms with E-state index in [9.17, 15) is 14.7 Å². The molecule has 1 aliphatic carbocycles. The lowest BCUT2D eigenvalue weighted by atomic mass is 9.98. The summed E-state index contributed by atoms with van der Waals surface area (Å²) < 4.78 is 55.4. The van der Waals surface area contributed by atoms with Crippen molar-refractivity contribution in [1.82, 2.24) is 5.32 Å². The number of nitrogens with one attached hydrogen (secondary N) is 1. The fraction of sp³-hybridized carbons (Fsp3) is 0.346. The van der Waals surface area contributed by atoms with Crippen molar-refractivity contribution in [2.45, 2.75) is 44.9 Å². The monoisotopic (exact) mass is 520 g/mol. The van der Waals surface area contributed by atoms with Crippen molar-refractivity contribution in [3.05, 3.63) is 76.1 Å². The highest BCUT2D eigenvalue weighted by molar-refractivity contribution is 6.15. The molecule has 1 saturated carbocycles. The maximum absolute atomic E-state index is 15.2. The first kappa shape index (κ1) is 27.7. The zero-order valence-corrected chi connectivity index (χ0v) is 20.3. The van der Waals surface area contributed by atoms with Gasteiger partial charge < -0.3 is 25.0 Å². The maximum Gasteiger partial charge on any atom is 0.408 e.